The lowest BCUT2D eigenvalue weighted by Crippen LogP contribution is -2.45. The lowest BCUT2D eigenvalue weighted by Gasteiger charge is -2.21. The van der Waals surface area contributed by atoms with Crippen LogP contribution in [0.5, 0.6) is 0 Å². The van der Waals surface area contributed by atoms with E-state index in [0.29, 0.717) is 0 Å². The molecule has 2 nitrogen and oxygen atoms in total. The van der Waals surface area contributed by atoms with Gasteiger partial charge in [-0.1, -0.05) is 0 Å². The van der Waals surface area contributed by atoms with Gasteiger partial charge in [-0.05, 0) is 6.92 Å². The van der Waals surface area contributed by atoms with E-state index in [1.807, 2.05) is 0 Å². The number of hydrogen-bond acceptors (Lipinski definition) is 2. The molecule has 8 heteroatoms. The van der Waals surface area contributed by atoms with Gasteiger partial charge in [-0.15, -0.1) is 0 Å². The van der Waals surface area contributed by atoms with Gasteiger partial charge in [-0.25, -0.2) is 21.6 Å². The van der Waals surface area contributed by atoms with Crippen LogP contribution in [0.2, 0.25) is 0 Å². The van der Waals surface area contributed by atoms with Crippen molar-refractivity contribution >= 4 is 9.84 Å². The van der Waals surface area contributed by atoms with Crippen LogP contribution in [0.4, 0.5) is 22.0 Å². The van der Waals surface area contributed by atoms with Crippen molar-refractivity contribution in [2.24, 2.45) is 0 Å². The fourth-order valence-corrected chi connectivity index (χ4v) is 2.62. The second-order valence-electron chi connectivity index (χ2n) is 2.92. The SMILES string of the molecule is CC1(F)C(F)S(=O)(=O)C(F)C1(F)F. The van der Waals surface area contributed by atoms with Crippen LogP contribution in [-0.4, -0.2) is 31.0 Å². The van der Waals surface area contributed by atoms with E-state index >= 15 is 0 Å². The Kier molecular flexibility index (Phi) is 1.92. The Bertz CT molecular complexity index is 296. The molecule has 1 aliphatic rings. The molecule has 0 bridgehead atoms. The highest BCUT2D eigenvalue weighted by Gasteiger charge is 2.76. The van der Waals surface area contributed by atoms with Crippen LogP contribution >= 0.6 is 0 Å². The summed E-state index contributed by atoms with van der Waals surface area (Å²) in [6.45, 7) is 0.0226. The van der Waals surface area contributed by atoms with Gasteiger partial charge >= 0.3 is 5.92 Å². The van der Waals surface area contributed by atoms with E-state index in [1.165, 1.54) is 0 Å². The van der Waals surface area contributed by atoms with Crippen LogP contribution in [0.3, 0.4) is 0 Å². The predicted octanol–water partition coefficient (Wildman–Crippen LogP) is 1.37. The first-order valence-corrected chi connectivity index (χ1v) is 4.74. The lowest BCUT2D eigenvalue weighted by atomic mass is 10.0. The summed E-state index contributed by atoms with van der Waals surface area (Å²) in [6.07, 6.45) is 0. The number of sulfone groups is 1. The third-order valence-electron chi connectivity index (χ3n) is 1.94. The molecule has 0 amide bonds. The molecule has 3 atom stereocenters. The standard InChI is InChI=1S/C5H5F5O2S/c1-4(8)2(6)13(11,12)3(7)5(4,9)10/h2-3H,1H3. The summed E-state index contributed by atoms with van der Waals surface area (Å²) in [5.74, 6) is -4.84. The number of halogens is 5. The summed E-state index contributed by atoms with van der Waals surface area (Å²) in [5, 5.41) is 0. The first kappa shape index (κ1) is 10.7. The molecule has 0 aromatic heterocycles. The second kappa shape index (κ2) is 2.34. The highest BCUT2D eigenvalue weighted by molar-refractivity contribution is 7.92. The van der Waals surface area contributed by atoms with Crippen LogP contribution in [0.25, 0.3) is 0 Å². The molecule has 3 unspecified atom stereocenters. The maximum atomic E-state index is 12.8. The van der Waals surface area contributed by atoms with Gasteiger partial charge in [0.15, 0.2) is 0 Å². The van der Waals surface area contributed by atoms with Gasteiger partial charge in [-0.3, -0.25) is 0 Å². The minimum Gasteiger partial charge on any atom is -0.233 e. The summed E-state index contributed by atoms with van der Waals surface area (Å²) in [7, 11) is -5.38. The Hall–Kier alpha value is -0.400. The normalized spacial score (nSPS) is 47.8. The summed E-state index contributed by atoms with van der Waals surface area (Å²) in [6, 6.07) is 0. The number of rotatable bonds is 0. The Labute approximate surface area is 70.6 Å². The van der Waals surface area contributed by atoms with Gasteiger partial charge in [-0.2, -0.15) is 8.78 Å². The Balaban J connectivity index is 3.38. The first-order valence-electron chi connectivity index (χ1n) is 3.14. The quantitative estimate of drug-likeness (QED) is 0.582. The van der Waals surface area contributed by atoms with Gasteiger partial charge in [0.25, 0.3) is 5.50 Å². The summed E-state index contributed by atoms with van der Waals surface area (Å²) < 4.78 is 83.6. The highest BCUT2D eigenvalue weighted by atomic mass is 32.2. The third-order valence-corrected chi connectivity index (χ3v) is 3.83. The van der Waals surface area contributed by atoms with Crippen molar-refractivity contribution in [3.63, 3.8) is 0 Å². The minimum atomic E-state index is -5.38. The Morgan fingerprint density at radius 1 is 1.08 bits per heavy atom. The maximum absolute atomic E-state index is 12.8. The summed E-state index contributed by atoms with van der Waals surface area (Å²) in [5.41, 5.74) is -11.3. The zero-order valence-electron chi connectivity index (χ0n) is 6.27. The molecule has 0 aromatic rings. The largest absolute Gasteiger partial charge is 0.329 e. The van der Waals surface area contributed by atoms with Crippen molar-refractivity contribution < 1.29 is 30.4 Å². The number of hydrogen-bond donors (Lipinski definition) is 0. The van der Waals surface area contributed by atoms with Crippen LogP contribution < -0.4 is 0 Å². The monoisotopic (exact) mass is 224 g/mol. The molecule has 1 saturated heterocycles. The lowest BCUT2D eigenvalue weighted by molar-refractivity contribution is -0.150. The smallest absolute Gasteiger partial charge is 0.233 e. The van der Waals surface area contributed by atoms with Crippen molar-refractivity contribution in [2.75, 3.05) is 0 Å². The molecule has 0 aliphatic carbocycles. The molecule has 0 N–H and O–H groups in total. The Morgan fingerprint density at radius 2 is 1.46 bits per heavy atom. The van der Waals surface area contributed by atoms with E-state index in [0.717, 1.165) is 0 Å². The highest BCUT2D eigenvalue weighted by Crippen LogP contribution is 2.51. The fraction of sp³-hybridized carbons (Fsp3) is 1.00. The van der Waals surface area contributed by atoms with Crippen molar-refractivity contribution in [1.29, 1.82) is 0 Å². The van der Waals surface area contributed by atoms with E-state index in [9.17, 15) is 30.4 Å². The molecule has 0 spiro atoms. The molecular formula is C5H5F5O2S. The number of alkyl halides is 5. The zero-order valence-corrected chi connectivity index (χ0v) is 7.09. The van der Waals surface area contributed by atoms with E-state index in [2.05, 4.69) is 0 Å². The van der Waals surface area contributed by atoms with Gasteiger partial charge in [0.05, 0.1) is 0 Å². The third kappa shape index (κ3) is 1.01. The molecular weight excluding hydrogens is 219 g/mol. The van der Waals surface area contributed by atoms with Crippen molar-refractivity contribution in [3.8, 4) is 0 Å². The van der Waals surface area contributed by atoms with Crippen LogP contribution in [0.1, 0.15) is 6.92 Å². The molecule has 0 radical (unpaired) electrons. The van der Waals surface area contributed by atoms with Crippen LogP contribution in [0, 0.1) is 0 Å². The summed E-state index contributed by atoms with van der Waals surface area (Å²) >= 11 is 0. The zero-order chi connectivity index (χ0) is 10.7. The van der Waals surface area contributed by atoms with Crippen LogP contribution in [0.15, 0.2) is 0 Å². The van der Waals surface area contributed by atoms with E-state index < -0.39 is 32.4 Å². The first-order chi connectivity index (χ1) is 5.56. The molecule has 1 heterocycles. The maximum Gasteiger partial charge on any atom is 0.329 e. The predicted molar refractivity (Wildman–Crippen MR) is 33.2 cm³/mol. The molecule has 0 aromatic carbocycles. The molecule has 1 rings (SSSR count). The molecule has 13 heavy (non-hydrogen) atoms. The average molecular weight is 224 g/mol. The molecule has 78 valence electrons. The molecule has 1 fully saturated rings. The minimum absolute atomic E-state index is 0.0226. The summed E-state index contributed by atoms with van der Waals surface area (Å²) in [4.78, 5) is 0. The van der Waals surface area contributed by atoms with Gasteiger partial charge in [0.1, 0.15) is 0 Å². The molecule has 1 aliphatic heterocycles. The van der Waals surface area contributed by atoms with E-state index in [1.54, 1.807) is 0 Å². The van der Waals surface area contributed by atoms with Gasteiger partial charge < -0.3 is 0 Å². The van der Waals surface area contributed by atoms with E-state index in [4.69, 9.17) is 0 Å². The topological polar surface area (TPSA) is 34.1 Å². The second-order valence-corrected chi connectivity index (χ2v) is 4.93. The van der Waals surface area contributed by atoms with E-state index in [-0.39, 0.29) is 6.92 Å². The van der Waals surface area contributed by atoms with Gasteiger partial charge in [0, 0.05) is 0 Å². The van der Waals surface area contributed by atoms with Crippen molar-refractivity contribution in [2.45, 2.75) is 29.5 Å². The molecule has 0 saturated carbocycles. The van der Waals surface area contributed by atoms with Crippen molar-refractivity contribution in [1.82, 2.24) is 0 Å². The Morgan fingerprint density at radius 3 is 1.54 bits per heavy atom. The van der Waals surface area contributed by atoms with Gasteiger partial charge in [0.2, 0.25) is 21.0 Å². The van der Waals surface area contributed by atoms with Crippen molar-refractivity contribution in [3.05, 3.63) is 0 Å². The van der Waals surface area contributed by atoms with Crippen LogP contribution in [-0.2, 0) is 9.84 Å². The average Bonchev–Trinajstić information content (AvgIpc) is 2.05. The fourth-order valence-electron chi connectivity index (χ4n) is 0.993.